The summed E-state index contributed by atoms with van der Waals surface area (Å²) in [6.45, 7) is 9.05. The Labute approximate surface area is 140 Å². The Hall–Kier alpha value is -1.10. The zero-order chi connectivity index (χ0) is 16.7. The highest BCUT2D eigenvalue weighted by Gasteiger charge is 2.35. The van der Waals surface area contributed by atoms with E-state index in [0.717, 1.165) is 13.0 Å². The van der Waals surface area contributed by atoms with Crippen molar-refractivity contribution in [3.05, 3.63) is 0 Å². The predicted octanol–water partition coefficient (Wildman–Crippen LogP) is 2.02. The van der Waals surface area contributed by atoms with Gasteiger partial charge in [0.1, 0.15) is 0 Å². The van der Waals surface area contributed by atoms with Crippen molar-refractivity contribution in [1.82, 2.24) is 15.1 Å². The molecule has 5 nitrogen and oxygen atoms in total. The summed E-state index contributed by atoms with van der Waals surface area (Å²) in [4.78, 5) is 28.3. The monoisotopic (exact) mass is 323 g/mol. The summed E-state index contributed by atoms with van der Waals surface area (Å²) in [5.74, 6) is 0.0115. The quantitative estimate of drug-likeness (QED) is 0.695. The third kappa shape index (κ3) is 5.79. The first-order valence-electron chi connectivity index (χ1n) is 9.37. The fraction of sp³-hybridized carbons (Fsp3) is 0.889. The van der Waals surface area contributed by atoms with Crippen LogP contribution in [0.1, 0.15) is 58.8 Å². The number of unbranched alkanes of at least 4 members (excludes halogenated alkanes) is 2. The zero-order valence-electron chi connectivity index (χ0n) is 14.9. The summed E-state index contributed by atoms with van der Waals surface area (Å²) in [5, 5.41) is 3.01. The lowest BCUT2D eigenvalue weighted by atomic mass is 10.1. The van der Waals surface area contributed by atoms with E-state index in [1.165, 1.54) is 51.7 Å². The smallest absolute Gasteiger partial charge is 0.225 e. The van der Waals surface area contributed by atoms with Crippen LogP contribution in [0, 0.1) is 5.92 Å². The van der Waals surface area contributed by atoms with Crippen LogP contribution in [-0.4, -0.2) is 60.4 Å². The molecule has 0 bridgehead atoms. The lowest BCUT2D eigenvalue weighted by Crippen LogP contribution is -2.35. The average molecular weight is 323 g/mol. The fourth-order valence-corrected chi connectivity index (χ4v) is 3.58. The SMILES string of the molecule is CC(C)N1CC(C(=O)NCCCCCN2CCCCC2)CC1=O. The van der Waals surface area contributed by atoms with Crippen molar-refractivity contribution >= 4 is 11.8 Å². The number of carbonyl (C=O) groups is 2. The van der Waals surface area contributed by atoms with E-state index < -0.39 is 0 Å². The van der Waals surface area contributed by atoms with Crippen molar-refractivity contribution < 1.29 is 9.59 Å². The van der Waals surface area contributed by atoms with Gasteiger partial charge in [-0.1, -0.05) is 12.8 Å². The fourth-order valence-electron chi connectivity index (χ4n) is 3.58. The lowest BCUT2D eigenvalue weighted by Gasteiger charge is -2.26. The second-order valence-corrected chi connectivity index (χ2v) is 7.29. The Morgan fingerprint density at radius 1 is 1.17 bits per heavy atom. The van der Waals surface area contributed by atoms with Crippen molar-refractivity contribution in [2.75, 3.05) is 32.7 Å². The summed E-state index contributed by atoms with van der Waals surface area (Å²) < 4.78 is 0. The maximum Gasteiger partial charge on any atom is 0.225 e. The molecule has 2 heterocycles. The van der Waals surface area contributed by atoms with E-state index in [9.17, 15) is 9.59 Å². The molecule has 1 N–H and O–H groups in total. The molecule has 2 fully saturated rings. The summed E-state index contributed by atoms with van der Waals surface area (Å²) in [7, 11) is 0. The Morgan fingerprint density at radius 3 is 2.57 bits per heavy atom. The van der Waals surface area contributed by atoms with Gasteiger partial charge in [0.15, 0.2) is 0 Å². The summed E-state index contributed by atoms with van der Waals surface area (Å²) in [6, 6.07) is 0.190. The van der Waals surface area contributed by atoms with Gasteiger partial charge in [0.05, 0.1) is 5.92 Å². The number of piperidine rings is 1. The first-order valence-corrected chi connectivity index (χ1v) is 9.37. The molecule has 2 aliphatic rings. The molecule has 1 unspecified atom stereocenters. The number of nitrogens with zero attached hydrogens (tertiary/aromatic N) is 2. The molecule has 23 heavy (non-hydrogen) atoms. The molecule has 0 aromatic rings. The first-order chi connectivity index (χ1) is 11.1. The topological polar surface area (TPSA) is 52.7 Å². The Bertz CT molecular complexity index is 392. The highest BCUT2D eigenvalue weighted by Crippen LogP contribution is 2.20. The molecule has 132 valence electrons. The maximum absolute atomic E-state index is 12.1. The Kier molecular flexibility index (Phi) is 7.34. The molecular weight excluding hydrogens is 290 g/mol. The third-order valence-corrected chi connectivity index (χ3v) is 5.05. The number of rotatable bonds is 8. The molecule has 0 radical (unpaired) electrons. The van der Waals surface area contributed by atoms with Gasteiger partial charge in [-0.15, -0.1) is 0 Å². The van der Waals surface area contributed by atoms with Crippen molar-refractivity contribution in [2.24, 2.45) is 5.92 Å². The molecule has 0 aromatic heterocycles. The van der Waals surface area contributed by atoms with Gasteiger partial charge in [-0.2, -0.15) is 0 Å². The second-order valence-electron chi connectivity index (χ2n) is 7.29. The van der Waals surface area contributed by atoms with Crippen LogP contribution in [0.15, 0.2) is 0 Å². The molecule has 0 aromatic carbocycles. The molecule has 5 heteroatoms. The molecule has 0 saturated carbocycles. The molecule has 1 atom stereocenters. The van der Waals surface area contributed by atoms with Crippen LogP contribution in [-0.2, 0) is 9.59 Å². The first kappa shape index (κ1) is 18.2. The van der Waals surface area contributed by atoms with E-state index in [1.54, 1.807) is 0 Å². The van der Waals surface area contributed by atoms with Gasteiger partial charge in [-0.3, -0.25) is 9.59 Å². The van der Waals surface area contributed by atoms with Gasteiger partial charge < -0.3 is 15.1 Å². The van der Waals surface area contributed by atoms with E-state index >= 15 is 0 Å². The van der Waals surface area contributed by atoms with Crippen LogP contribution in [0.4, 0.5) is 0 Å². The summed E-state index contributed by atoms with van der Waals surface area (Å²) in [6.07, 6.45) is 7.89. The van der Waals surface area contributed by atoms with Gasteiger partial charge in [-0.25, -0.2) is 0 Å². The normalized spacial score (nSPS) is 22.8. The summed E-state index contributed by atoms with van der Waals surface area (Å²) >= 11 is 0. The third-order valence-electron chi connectivity index (χ3n) is 5.05. The van der Waals surface area contributed by atoms with Crippen LogP contribution in [0.3, 0.4) is 0 Å². The largest absolute Gasteiger partial charge is 0.356 e. The number of hydrogen-bond acceptors (Lipinski definition) is 3. The number of carbonyl (C=O) groups excluding carboxylic acids is 2. The second kappa shape index (κ2) is 9.26. The standard InChI is InChI=1S/C18H33N3O2/c1-15(2)21-14-16(13-17(21)22)18(23)19-9-5-3-6-10-20-11-7-4-8-12-20/h15-16H,3-14H2,1-2H3,(H,19,23). The lowest BCUT2D eigenvalue weighted by molar-refractivity contribution is -0.129. The maximum atomic E-state index is 12.1. The zero-order valence-corrected chi connectivity index (χ0v) is 14.9. The van der Waals surface area contributed by atoms with Gasteiger partial charge in [0.2, 0.25) is 11.8 Å². The molecule has 2 saturated heterocycles. The van der Waals surface area contributed by atoms with Crippen molar-refractivity contribution in [1.29, 1.82) is 0 Å². The van der Waals surface area contributed by atoms with E-state index in [2.05, 4.69) is 10.2 Å². The van der Waals surface area contributed by atoms with Crippen LogP contribution >= 0.6 is 0 Å². The highest BCUT2D eigenvalue weighted by molar-refractivity contribution is 5.89. The van der Waals surface area contributed by atoms with E-state index in [-0.39, 0.29) is 23.8 Å². The molecule has 2 rings (SSSR count). The average Bonchev–Trinajstić information content (AvgIpc) is 2.94. The number of hydrogen-bond donors (Lipinski definition) is 1. The number of amides is 2. The highest BCUT2D eigenvalue weighted by atomic mass is 16.2. The molecule has 2 amide bonds. The van der Waals surface area contributed by atoms with E-state index in [1.807, 2.05) is 18.7 Å². The van der Waals surface area contributed by atoms with Crippen molar-refractivity contribution in [3.8, 4) is 0 Å². The van der Waals surface area contributed by atoms with E-state index in [0.29, 0.717) is 13.0 Å². The number of nitrogens with one attached hydrogen (secondary N) is 1. The van der Waals surface area contributed by atoms with Crippen LogP contribution in [0.5, 0.6) is 0 Å². The number of likely N-dealkylation sites (tertiary alicyclic amines) is 2. The molecule has 0 spiro atoms. The van der Waals surface area contributed by atoms with Crippen LogP contribution in [0.25, 0.3) is 0 Å². The molecule has 0 aliphatic carbocycles. The Morgan fingerprint density at radius 2 is 1.91 bits per heavy atom. The summed E-state index contributed by atoms with van der Waals surface area (Å²) in [5.41, 5.74) is 0. The van der Waals surface area contributed by atoms with Gasteiger partial charge >= 0.3 is 0 Å². The van der Waals surface area contributed by atoms with Crippen molar-refractivity contribution in [3.63, 3.8) is 0 Å². The van der Waals surface area contributed by atoms with Gasteiger partial charge in [-0.05, 0) is 59.2 Å². The molecular formula is C18H33N3O2. The van der Waals surface area contributed by atoms with Gasteiger partial charge in [0, 0.05) is 25.6 Å². The Balaban J connectivity index is 1.52. The predicted molar refractivity (Wildman–Crippen MR) is 92.1 cm³/mol. The van der Waals surface area contributed by atoms with Crippen LogP contribution in [0.2, 0.25) is 0 Å². The molecule has 2 aliphatic heterocycles. The minimum atomic E-state index is -0.154. The van der Waals surface area contributed by atoms with Crippen molar-refractivity contribution in [2.45, 2.75) is 64.8 Å². The minimum absolute atomic E-state index is 0.0533. The van der Waals surface area contributed by atoms with Gasteiger partial charge in [0.25, 0.3) is 0 Å². The van der Waals surface area contributed by atoms with E-state index in [4.69, 9.17) is 0 Å². The van der Waals surface area contributed by atoms with Crippen LogP contribution < -0.4 is 5.32 Å². The minimum Gasteiger partial charge on any atom is -0.356 e.